The van der Waals surface area contributed by atoms with Crippen LogP contribution in [-0.4, -0.2) is 20.8 Å². The van der Waals surface area contributed by atoms with Crippen LogP contribution in [0.4, 0.5) is 0 Å². The molecule has 0 saturated heterocycles. The number of hydrogen-bond donors (Lipinski definition) is 1. The average Bonchev–Trinajstić information content (AvgIpc) is 2.42. The zero-order valence-corrected chi connectivity index (χ0v) is 9.82. The molecule has 1 aliphatic rings. The SMILES string of the molecule is CC(C)(C)Cc1cn2c(n1)CCC(O)C2. The van der Waals surface area contributed by atoms with Crippen molar-refractivity contribution in [3.05, 3.63) is 17.7 Å². The van der Waals surface area contributed by atoms with Gasteiger partial charge in [0.25, 0.3) is 0 Å². The Morgan fingerprint density at radius 1 is 1.53 bits per heavy atom. The fraction of sp³-hybridized carbons (Fsp3) is 0.750. The molecule has 84 valence electrons. The van der Waals surface area contributed by atoms with Gasteiger partial charge in [0.2, 0.25) is 0 Å². The summed E-state index contributed by atoms with van der Waals surface area (Å²) in [5, 5.41) is 9.55. The summed E-state index contributed by atoms with van der Waals surface area (Å²) in [6.45, 7) is 7.38. The highest BCUT2D eigenvalue weighted by molar-refractivity contribution is 5.08. The molecule has 2 rings (SSSR count). The van der Waals surface area contributed by atoms with E-state index in [9.17, 15) is 5.11 Å². The second kappa shape index (κ2) is 3.63. The van der Waals surface area contributed by atoms with Crippen LogP contribution in [0.5, 0.6) is 0 Å². The number of hydrogen-bond acceptors (Lipinski definition) is 2. The maximum Gasteiger partial charge on any atom is 0.109 e. The van der Waals surface area contributed by atoms with Crippen LogP contribution in [0, 0.1) is 5.41 Å². The molecule has 0 spiro atoms. The minimum Gasteiger partial charge on any atom is -0.391 e. The first-order valence-electron chi connectivity index (χ1n) is 5.67. The summed E-state index contributed by atoms with van der Waals surface area (Å²) in [4.78, 5) is 4.62. The van der Waals surface area contributed by atoms with Crippen LogP contribution in [0.15, 0.2) is 6.20 Å². The molecule has 0 aromatic carbocycles. The lowest BCUT2D eigenvalue weighted by atomic mass is 9.91. The smallest absolute Gasteiger partial charge is 0.109 e. The highest BCUT2D eigenvalue weighted by atomic mass is 16.3. The van der Waals surface area contributed by atoms with Crippen molar-refractivity contribution in [2.45, 2.75) is 52.7 Å². The number of aliphatic hydroxyl groups is 1. The largest absolute Gasteiger partial charge is 0.391 e. The van der Waals surface area contributed by atoms with Crippen molar-refractivity contribution in [3.63, 3.8) is 0 Å². The molecule has 3 heteroatoms. The van der Waals surface area contributed by atoms with Crippen LogP contribution in [0.1, 0.15) is 38.7 Å². The number of imidazole rings is 1. The molecular formula is C12H20N2O. The van der Waals surface area contributed by atoms with E-state index in [-0.39, 0.29) is 11.5 Å². The summed E-state index contributed by atoms with van der Waals surface area (Å²) in [7, 11) is 0. The molecular weight excluding hydrogens is 188 g/mol. The molecule has 0 amide bonds. The lowest BCUT2D eigenvalue weighted by molar-refractivity contribution is 0.130. The number of aryl methyl sites for hydroxylation is 1. The van der Waals surface area contributed by atoms with Crippen molar-refractivity contribution < 1.29 is 5.11 Å². The minimum atomic E-state index is -0.186. The van der Waals surface area contributed by atoms with Crippen molar-refractivity contribution in [3.8, 4) is 0 Å². The lowest BCUT2D eigenvalue weighted by Crippen LogP contribution is -2.23. The molecule has 0 radical (unpaired) electrons. The maximum atomic E-state index is 9.55. The Bertz CT molecular complexity index is 349. The van der Waals surface area contributed by atoms with Gasteiger partial charge in [0.1, 0.15) is 5.82 Å². The van der Waals surface area contributed by atoms with Crippen LogP contribution >= 0.6 is 0 Å². The molecule has 1 N–H and O–H groups in total. The number of rotatable bonds is 1. The van der Waals surface area contributed by atoms with Gasteiger partial charge >= 0.3 is 0 Å². The van der Waals surface area contributed by atoms with Crippen LogP contribution in [0.3, 0.4) is 0 Å². The van der Waals surface area contributed by atoms with Crippen molar-refractivity contribution in [1.29, 1.82) is 0 Å². The molecule has 0 fully saturated rings. The van der Waals surface area contributed by atoms with Gasteiger partial charge in [0.05, 0.1) is 11.8 Å². The van der Waals surface area contributed by atoms with Crippen LogP contribution in [0.2, 0.25) is 0 Å². The molecule has 3 nitrogen and oxygen atoms in total. The normalized spacial score (nSPS) is 21.5. The zero-order chi connectivity index (χ0) is 11.1. The van der Waals surface area contributed by atoms with Gasteiger partial charge in [0.15, 0.2) is 0 Å². The minimum absolute atomic E-state index is 0.186. The van der Waals surface area contributed by atoms with E-state index in [1.807, 2.05) is 0 Å². The van der Waals surface area contributed by atoms with Gasteiger partial charge < -0.3 is 9.67 Å². The van der Waals surface area contributed by atoms with E-state index in [1.54, 1.807) is 0 Å². The molecule has 1 aliphatic heterocycles. The first kappa shape index (κ1) is 10.7. The second-order valence-corrected chi connectivity index (χ2v) is 5.73. The highest BCUT2D eigenvalue weighted by Gasteiger charge is 2.20. The molecule has 0 aliphatic carbocycles. The fourth-order valence-electron chi connectivity index (χ4n) is 2.11. The molecule has 1 unspecified atom stereocenters. The van der Waals surface area contributed by atoms with Gasteiger partial charge in [-0.1, -0.05) is 20.8 Å². The summed E-state index contributed by atoms with van der Waals surface area (Å²) in [5.74, 6) is 1.14. The van der Waals surface area contributed by atoms with E-state index in [0.29, 0.717) is 6.54 Å². The van der Waals surface area contributed by atoms with Crippen LogP contribution < -0.4 is 0 Å². The van der Waals surface area contributed by atoms with Gasteiger partial charge in [0, 0.05) is 19.2 Å². The first-order valence-corrected chi connectivity index (χ1v) is 5.67. The van der Waals surface area contributed by atoms with Gasteiger partial charge in [-0.3, -0.25) is 0 Å². The molecule has 15 heavy (non-hydrogen) atoms. The van der Waals surface area contributed by atoms with E-state index in [0.717, 1.165) is 30.8 Å². The summed E-state index contributed by atoms with van der Waals surface area (Å²) in [6.07, 6.45) is 4.68. The van der Waals surface area contributed by atoms with E-state index >= 15 is 0 Å². The molecule has 1 aromatic rings. The Hall–Kier alpha value is -0.830. The summed E-state index contributed by atoms with van der Waals surface area (Å²) in [5.41, 5.74) is 1.44. The number of nitrogens with zero attached hydrogens (tertiary/aromatic N) is 2. The summed E-state index contributed by atoms with van der Waals surface area (Å²) in [6, 6.07) is 0. The monoisotopic (exact) mass is 208 g/mol. The van der Waals surface area contributed by atoms with Gasteiger partial charge in [-0.15, -0.1) is 0 Å². The van der Waals surface area contributed by atoms with Gasteiger partial charge in [-0.05, 0) is 18.3 Å². The molecule has 0 bridgehead atoms. The molecule has 1 aromatic heterocycles. The Kier molecular flexibility index (Phi) is 2.59. The Morgan fingerprint density at radius 2 is 2.27 bits per heavy atom. The third-order valence-corrected chi connectivity index (χ3v) is 2.73. The fourth-order valence-corrected chi connectivity index (χ4v) is 2.11. The summed E-state index contributed by atoms with van der Waals surface area (Å²) < 4.78 is 2.11. The lowest BCUT2D eigenvalue weighted by Gasteiger charge is -2.18. The Labute approximate surface area is 91.1 Å². The summed E-state index contributed by atoms with van der Waals surface area (Å²) >= 11 is 0. The zero-order valence-electron chi connectivity index (χ0n) is 9.82. The van der Waals surface area contributed by atoms with Crippen LogP contribution in [0.25, 0.3) is 0 Å². The van der Waals surface area contributed by atoms with Crippen molar-refractivity contribution in [2.75, 3.05) is 0 Å². The van der Waals surface area contributed by atoms with Gasteiger partial charge in [-0.2, -0.15) is 0 Å². The predicted molar refractivity (Wildman–Crippen MR) is 59.7 cm³/mol. The number of fused-ring (bicyclic) bond motifs is 1. The van der Waals surface area contributed by atoms with E-state index < -0.39 is 0 Å². The van der Waals surface area contributed by atoms with Crippen LogP contribution in [-0.2, 0) is 19.4 Å². The number of aliphatic hydroxyl groups excluding tert-OH is 1. The molecule has 0 saturated carbocycles. The molecule has 1 atom stereocenters. The van der Waals surface area contributed by atoms with Crippen molar-refractivity contribution in [2.24, 2.45) is 5.41 Å². The van der Waals surface area contributed by atoms with E-state index in [1.165, 1.54) is 0 Å². The second-order valence-electron chi connectivity index (χ2n) is 5.73. The van der Waals surface area contributed by atoms with Gasteiger partial charge in [-0.25, -0.2) is 4.98 Å². The Morgan fingerprint density at radius 3 is 2.93 bits per heavy atom. The standard InChI is InChI=1S/C12H20N2O/c1-12(2,3)6-9-7-14-8-10(15)4-5-11(14)13-9/h7,10,15H,4-6,8H2,1-3H3. The average molecular weight is 208 g/mol. The topological polar surface area (TPSA) is 38.0 Å². The van der Waals surface area contributed by atoms with Crippen molar-refractivity contribution in [1.82, 2.24) is 9.55 Å². The van der Waals surface area contributed by atoms with E-state index in [2.05, 4.69) is 36.5 Å². The number of aromatic nitrogens is 2. The first-order chi connectivity index (χ1) is 6.94. The van der Waals surface area contributed by atoms with Crippen molar-refractivity contribution >= 4 is 0 Å². The molecule has 2 heterocycles. The highest BCUT2D eigenvalue weighted by Crippen LogP contribution is 2.22. The third kappa shape index (κ3) is 2.59. The quantitative estimate of drug-likeness (QED) is 0.764. The third-order valence-electron chi connectivity index (χ3n) is 2.73. The Balaban J connectivity index is 2.16. The predicted octanol–water partition coefficient (Wildman–Crippen LogP) is 1.78. The maximum absolute atomic E-state index is 9.55. The van der Waals surface area contributed by atoms with E-state index in [4.69, 9.17) is 0 Å².